The molecule has 19 heteroatoms. The molecule has 64 heavy (non-hydrogen) atoms. The van der Waals surface area contributed by atoms with E-state index in [1.807, 2.05) is 32.2 Å². The summed E-state index contributed by atoms with van der Waals surface area (Å²) in [4.78, 5) is 69.7. The first-order valence-electron chi connectivity index (χ1n) is 21.7. The van der Waals surface area contributed by atoms with Crippen LogP contribution in [0.3, 0.4) is 0 Å². The Hall–Kier alpha value is -4.78. The average molecular weight is 931 g/mol. The first kappa shape index (κ1) is 47.2. The monoisotopic (exact) mass is 930 g/mol. The summed E-state index contributed by atoms with van der Waals surface area (Å²) >= 11 is 1.44. The number of piperidine rings is 1. The van der Waals surface area contributed by atoms with Crippen LogP contribution in [0.2, 0.25) is 0 Å². The van der Waals surface area contributed by atoms with E-state index in [1.165, 1.54) is 27.2 Å². The molecule has 3 aromatic rings. The number of aromatic nitrogens is 2. The van der Waals surface area contributed by atoms with Crippen LogP contribution in [0.5, 0.6) is 11.5 Å². The maximum absolute atomic E-state index is 15.0. The number of nitrogens with zero attached hydrogens (tertiary/aromatic N) is 4. The number of hydrogen-bond donors (Lipinski definition) is 2. The number of thiazole rings is 1. The Morgan fingerprint density at radius 3 is 2.31 bits per heavy atom. The molecule has 0 radical (unpaired) electrons. The van der Waals surface area contributed by atoms with Crippen LogP contribution in [0.4, 0.5) is 13.2 Å². The van der Waals surface area contributed by atoms with E-state index >= 15 is 4.79 Å². The molecule has 2 saturated carbocycles. The summed E-state index contributed by atoms with van der Waals surface area (Å²) in [5, 5.41) is 5.38. The SMILES string of the molecule is C=CC1CC1(NC(=O)[C@@H]1C[C@@H](Oc2cc(-c3nc(C(C)C)cs3)nc3c(C)c(OC)ccc23)CN1C(=O)[C@@H](CC(=O)N1CCC(C(F)(F)F)CC1)C(C)(C)C)C(=O)NS(=O)(=O)C1CC1. The lowest BCUT2D eigenvalue weighted by Crippen LogP contribution is -2.57. The number of fused-ring (bicyclic) bond motifs is 1. The highest BCUT2D eigenvalue weighted by molar-refractivity contribution is 7.91. The largest absolute Gasteiger partial charge is 0.496 e. The van der Waals surface area contributed by atoms with Gasteiger partial charge in [-0.3, -0.25) is 23.9 Å². The van der Waals surface area contributed by atoms with E-state index in [-0.39, 0.29) is 57.7 Å². The van der Waals surface area contributed by atoms with Crippen molar-refractivity contribution in [2.75, 3.05) is 26.7 Å². The Bertz CT molecular complexity index is 2440. The van der Waals surface area contributed by atoms with Gasteiger partial charge < -0.3 is 24.6 Å². The third kappa shape index (κ3) is 9.60. The molecule has 14 nitrogen and oxygen atoms in total. The van der Waals surface area contributed by atoms with Crippen LogP contribution >= 0.6 is 11.3 Å². The predicted molar refractivity (Wildman–Crippen MR) is 235 cm³/mol. The highest BCUT2D eigenvalue weighted by Gasteiger charge is 2.62. The highest BCUT2D eigenvalue weighted by Crippen LogP contribution is 2.46. The topological polar surface area (TPSA) is 177 Å². The number of carbonyl (C=O) groups is 4. The zero-order valence-electron chi connectivity index (χ0n) is 37.2. The molecular formula is C45H57F3N6O8S2. The fraction of sp³-hybridized carbons (Fsp3) is 0.600. The van der Waals surface area contributed by atoms with Gasteiger partial charge in [0.05, 0.1) is 42.0 Å². The van der Waals surface area contributed by atoms with E-state index in [1.54, 1.807) is 40.0 Å². The zero-order valence-corrected chi connectivity index (χ0v) is 38.8. The number of amides is 4. The van der Waals surface area contributed by atoms with Gasteiger partial charge in [-0.05, 0) is 62.5 Å². The summed E-state index contributed by atoms with van der Waals surface area (Å²) in [6.45, 7) is 14.8. The summed E-state index contributed by atoms with van der Waals surface area (Å²) < 4.78 is 80.7. The van der Waals surface area contributed by atoms with E-state index < -0.39 is 85.9 Å². The number of hydrogen-bond acceptors (Lipinski definition) is 11. The number of benzene rings is 1. The van der Waals surface area contributed by atoms with E-state index in [4.69, 9.17) is 19.4 Å². The van der Waals surface area contributed by atoms with Crippen molar-refractivity contribution in [2.24, 2.45) is 23.2 Å². The Balaban J connectivity index is 1.22. The lowest BCUT2D eigenvalue weighted by Gasteiger charge is -2.37. The van der Waals surface area contributed by atoms with E-state index in [9.17, 15) is 36.0 Å². The molecule has 5 atom stereocenters. The van der Waals surface area contributed by atoms with Crippen molar-refractivity contribution in [3.8, 4) is 22.2 Å². The van der Waals surface area contributed by atoms with Gasteiger partial charge in [-0.2, -0.15) is 13.2 Å². The maximum atomic E-state index is 15.0. The van der Waals surface area contributed by atoms with Crippen LogP contribution in [0.15, 0.2) is 36.2 Å². The number of sulfonamides is 1. The molecule has 2 aliphatic carbocycles. The number of methoxy groups -OCH3 is 1. The highest BCUT2D eigenvalue weighted by atomic mass is 32.2. The Morgan fingerprint density at radius 1 is 1.06 bits per heavy atom. The number of rotatable bonds is 14. The van der Waals surface area contributed by atoms with Gasteiger partial charge in [-0.25, -0.2) is 18.4 Å². The third-order valence-corrected chi connectivity index (χ3v) is 15.8. The molecule has 348 valence electrons. The molecule has 2 saturated heterocycles. The second kappa shape index (κ2) is 17.5. The van der Waals surface area contributed by atoms with Crippen LogP contribution in [-0.4, -0.2) is 108 Å². The molecule has 2 N–H and O–H groups in total. The molecule has 0 bridgehead atoms. The van der Waals surface area contributed by atoms with Crippen LogP contribution < -0.4 is 19.5 Å². The van der Waals surface area contributed by atoms with Crippen molar-refractivity contribution in [3.63, 3.8) is 0 Å². The van der Waals surface area contributed by atoms with E-state index in [0.717, 1.165) is 11.3 Å². The van der Waals surface area contributed by atoms with Gasteiger partial charge >= 0.3 is 6.18 Å². The molecular weight excluding hydrogens is 874 g/mol. The summed E-state index contributed by atoms with van der Waals surface area (Å²) in [6, 6.07) is 4.14. The van der Waals surface area contributed by atoms with Crippen molar-refractivity contribution < 1.29 is 50.2 Å². The third-order valence-electron chi connectivity index (χ3n) is 13.1. The fourth-order valence-corrected chi connectivity index (χ4v) is 11.1. The Morgan fingerprint density at radius 2 is 1.75 bits per heavy atom. The summed E-state index contributed by atoms with van der Waals surface area (Å²) in [6.07, 6.45) is -3.62. The summed E-state index contributed by atoms with van der Waals surface area (Å²) in [5.41, 5.74) is 0.300. The van der Waals surface area contributed by atoms with Crippen molar-refractivity contribution in [3.05, 3.63) is 47.5 Å². The Labute approximate surface area is 375 Å². The molecule has 2 aromatic heterocycles. The lowest BCUT2D eigenvalue weighted by atomic mass is 9.77. The second-order valence-electron chi connectivity index (χ2n) is 19.0. The molecule has 1 aromatic carbocycles. The minimum Gasteiger partial charge on any atom is -0.496 e. The minimum absolute atomic E-state index is 0.0484. The maximum Gasteiger partial charge on any atom is 0.391 e. The first-order valence-corrected chi connectivity index (χ1v) is 24.2. The van der Waals surface area contributed by atoms with Crippen LogP contribution in [-0.2, 0) is 29.2 Å². The van der Waals surface area contributed by atoms with Gasteiger partial charge in [-0.1, -0.05) is 40.7 Å². The number of aryl methyl sites for hydroxylation is 1. The van der Waals surface area contributed by atoms with Crippen molar-refractivity contribution in [1.82, 2.24) is 29.8 Å². The average Bonchev–Trinajstić information content (AvgIpc) is 4.11. The van der Waals surface area contributed by atoms with E-state index in [2.05, 4.69) is 16.6 Å². The number of pyridine rings is 1. The smallest absolute Gasteiger partial charge is 0.391 e. The van der Waals surface area contributed by atoms with Crippen molar-refractivity contribution in [2.45, 2.75) is 122 Å². The fourth-order valence-electron chi connectivity index (χ4n) is 8.77. The predicted octanol–water partition coefficient (Wildman–Crippen LogP) is 6.67. The number of ether oxygens (including phenoxy) is 2. The number of likely N-dealkylation sites (tertiary alicyclic amines) is 2. The van der Waals surface area contributed by atoms with Gasteiger partial charge in [0.2, 0.25) is 27.7 Å². The molecule has 0 spiro atoms. The van der Waals surface area contributed by atoms with Gasteiger partial charge in [0.1, 0.15) is 39.9 Å². The zero-order chi connectivity index (χ0) is 46.7. The summed E-state index contributed by atoms with van der Waals surface area (Å²) in [5.74, 6) is -4.56. The number of nitrogens with one attached hydrogen (secondary N) is 2. The van der Waals surface area contributed by atoms with E-state index in [0.29, 0.717) is 45.9 Å². The lowest BCUT2D eigenvalue weighted by molar-refractivity contribution is -0.186. The van der Waals surface area contributed by atoms with Crippen molar-refractivity contribution >= 4 is 55.9 Å². The van der Waals surface area contributed by atoms with Crippen molar-refractivity contribution in [1.29, 1.82) is 0 Å². The van der Waals surface area contributed by atoms with Crippen LogP contribution in [0.25, 0.3) is 21.6 Å². The summed E-state index contributed by atoms with van der Waals surface area (Å²) in [7, 11) is -2.41. The molecule has 4 amide bonds. The standard InChI is InChI=1S/C45H57F3N6O8S2/c1-9-26-21-44(26,42(58)52-64(59,60)29-10-11-29)51-39(56)34-18-28(22-54(34)41(57)31(43(5,6)7)19-37(55)53-16-14-27(15-17-53)45(46,47)48)62-36-20-32(40-50-33(23-63-40)24(2)3)49-38-25(4)35(61-8)13-12-30(36)38/h9,12-13,20,23-24,26-29,31,34H,1,10-11,14-19,21-22H2,2-8H3,(H,51,56)(H,52,58)/t26?,28-,31-,34+,44?/m1/s1. The Kier molecular flexibility index (Phi) is 12.9. The molecule has 4 aliphatic rings. The second-order valence-corrected chi connectivity index (χ2v) is 21.8. The number of carbonyl (C=O) groups excluding carboxylic acids is 4. The van der Waals surface area contributed by atoms with Gasteiger partial charge in [0.25, 0.3) is 5.91 Å². The number of halogens is 3. The molecule has 2 unspecified atom stereocenters. The minimum atomic E-state index is -4.37. The van der Waals surface area contributed by atoms with Gasteiger partial charge in [-0.15, -0.1) is 17.9 Å². The first-order chi connectivity index (χ1) is 30.0. The molecule has 7 rings (SSSR count). The normalized spacial score (nSPS) is 23.5. The van der Waals surface area contributed by atoms with Crippen LogP contribution in [0, 0.1) is 30.1 Å². The van der Waals surface area contributed by atoms with Gasteiger partial charge in [0, 0.05) is 54.2 Å². The molecule has 4 fully saturated rings. The quantitative estimate of drug-likeness (QED) is 0.166. The van der Waals surface area contributed by atoms with Gasteiger partial charge in [0.15, 0.2) is 0 Å². The van der Waals surface area contributed by atoms with Crippen LogP contribution in [0.1, 0.15) is 96.7 Å². The molecule has 4 heterocycles. The number of alkyl halides is 3. The molecule has 2 aliphatic heterocycles.